The number of nitrogens with one attached hydrogen (secondary N) is 1. The molecule has 6 heteroatoms. The van der Waals surface area contributed by atoms with Crippen molar-refractivity contribution >= 4 is 16.7 Å². The fraction of sp³-hybridized carbons (Fsp3) is 0.190. The molecule has 0 saturated heterocycles. The molecule has 3 aromatic rings. The smallest absolute Gasteiger partial charge is 0.287 e. The Morgan fingerprint density at radius 1 is 0.963 bits per heavy atom. The molecule has 0 bridgehead atoms. The largest absolute Gasteiger partial charge is 0.455 e. The van der Waals surface area contributed by atoms with Gasteiger partial charge in [0.1, 0.15) is 11.6 Å². The van der Waals surface area contributed by atoms with Crippen molar-refractivity contribution in [2.45, 2.75) is 25.0 Å². The van der Waals surface area contributed by atoms with E-state index in [1.165, 1.54) is 12.1 Å². The van der Waals surface area contributed by atoms with E-state index in [0.29, 0.717) is 11.5 Å². The van der Waals surface area contributed by atoms with Crippen LogP contribution >= 0.6 is 0 Å². The Labute approximate surface area is 159 Å². The third-order valence-electron chi connectivity index (χ3n) is 4.00. The Bertz CT molecular complexity index is 933. The van der Waals surface area contributed by atoms with Crippen LogP contribution in [0.5, 0.6) is 0 Å². The molecule has 0 aliphatic carbocycles. The van der Waals surface area contributed by atoms with Crippen LogP contribution in [0.25, 0.3) is 0 Å². The van der Waals surface area contributed by atoms with E-state index in [1.54, 1.807) is 24.3 Å². The summed E-state index contributed by atoms with van der Waals surface area (Å²) >= 11 is 0. The summed E-state index contributed by atoms with van der Waals surface area (Å²) in [6, 6.07) is 17.0. The third kappa shape index (κ3) is 5.62. The second kappa shape index (κ2) is 8.77. The van der Waals surface area contributed by atoms with E-state index in [1.807, 2.05) is 31.2 Å². The molecule has 0 unspecified atom stereocenters. The summed E-state index contributed by atoms with van der Waals surface area (Å²) in [5, 5.41) is 2.72. The van der Waals surface area contributed by atoms with Crippen LogP contribution in [-0.2, 0) is 28.9 Å². The Balaban J connectivity index is 1.52. The highest BCUT2D eigenvalue weighted by Crippen LogP contribution is 2.14. The Morgan fingerprint density at radius 2 is 1.63 bits per heavy atom. The van der Waals surface area contributed by atoms with Gasteiger partial charge in [-0.3, -0.25) is 9.00 Å². The lowest BCUT2D eigenvalue weighted by Crippen LogP contribution is -2.22. The van der Waals surface area contributed by atoms with Gasteiger partial charge in [0, 0.05) is 23.1 Å². The second-order valence-electron chi connectivity index (χ2n) is 6.29. The zero-order chi connectivity index (χ0) is 19.2. The van der Waals surface area contributed by atoms with E-state index >= 15 is 0 Å². The van der Waals surface area contributed by atoms with Crippen molar-refractivity contribution < 1.29 is 17.8 Å². The van der Waals surface area contributed by atoms with Crippen molar-refractivity contribution in [2.24, 2.45) is 0 Å². The molecule has 140 valence electrons. The average molecular weight is 385 g/mol. The molecule has 4 nitrogen and oxygen atoms in total. The molecular weight excluding hydrogens is 365 g/mol. The fourth-order valence-electron chi connectivity index (χ4n) is 2.53. The highest BCUT2D eigenvalue weighted by molar-refractivity contribution is 7.83. The number of benzene rings is 2. The van der Waals surface area contributed by atoms with Crippen molar-refractivity contribution in [1.29, 1.82) is 0 Å². The number of carbonyl (C=O) groups is 1. The van der Waals surface area contributed by atoms with Crippen LogP contribution in [0.1, 0.15) is 33.0 Å². The molecule has 1 N–H and O–H groups in total. The van der Waals surface area contributed by atoms with Crippen LogP contribution in [0.2, 0.25) is 0 Å². The average Bonchev–Trinajstić information content (AvgIpc) is 3.11. The molecule has 3 rings (SSSR count). The van der Waals surface area contributed by atoms with Crippen molar-refractivity contribution in [3.8, 4) is 0 Å². The van der Waals surface area contributed by atoms with Gasteiger partial charge in [-0.15, -0.1) is 0 Å². The summed E-state index contributed by atoms with van der Waals surface area (Å²) in [6.45, 7) is 2.28. The summed E-state index contributed by atoms with van der Waals surface area (Å²) in [7, 11) is -1.13. The minimum atomic E-state index is -1.13. The number of carbonyl (C=O) groups excluding carboxylic acids is 1. The predicted octanol–water partition coefficient (Wildman–Crippen LogP) is 4.11. The molecule has 2 aromatic carbocycles. The lowest BCUT2D eigenvalue weighted by atomic mass is 10.2. The second-order valence-corrected chi connectivity index (χ2v) is 7.75. The summed E-state index contributed by atoms with van der Waals surface area (Å²) in [4.78, 5) is 12.2. The normalized spacial score (nSPS) is 11.9. The molecule has 1 heterocycles. The van der Waals surface area contributed by atoms with E-state index in [-0.39, 0.29) is 29.8 Å². The van der Waals surface area contributed by atoms with Crippen LogP contribution in [0.15, 0.2) is 65.1 Å². The molecule has 27 heavy (non-hydrogen) atoms. The number of amides is 1. The van der Waals surface area contributed by atoms with Crippen LogP contribution in [-0.4, -0.2) is 10.1 Å². The Morgan fingerprint density at radius 3 is 2.33 bits per heavy atom. The number of rotatable bonds is 7. The first-order valence-electron chi connectivity index (χ1n) is 8.51. The molecule has 0 radical (unpaired) electrons. The van der Waals surface area contributed by atoms with Gasteiger partial charge in [0.15, 0.2) is 5.76 Å². The summed E-state index contributed by atoms with van der Waals surface area (Å²) < 4.78 is 30.7. The van der Waals surface area contributed by atoms with Gasteiger partial charge in [0.2, 0.25) is 0 Å². The summed E-state index contributed by atoms with van der Waals surface area (Å²) in [6.07, 6.45) is 0. The molecule has 0 spiro atoms. The molecule has 0 aliphatic rings. The standard InChI is InChI=1S/C21H20FNO3S/c1-15-2-4-17(5-3-15)13-27(25)14-19-10-11-20(26-19)21(24)23-12-16-6-8-18(22)9-7-16/h2-11H,12-14H2,1H3,(H,23,24)/t27-/m0/s1. The van der Waals surface area contributed by atoms with Crippen molar-refractivity contribution in [3.05, 3.63) is 94.7 Å². The van der Waals surface area contributed by atoms with Crippen LogP contribution < -0.4 is 5.32 Å². The fourth-order valence-corrected chi connectivity index (χ4v) is 3.67. The minimum Gasteiger partial charge on any atom is -0.455 e. The Kier molecular flexibility index (Phi) is 6.19. The zero-order valence-corrected chi connectivity index (χ0v) is 15.7. The van der Waals surface area contributed by atoms with Crippen molar-refractivity contribution in [2.75, 3.05) is 0 Å². The predicted molar refractivity (Wildman–Crippen MR) is 103 cm³/mol. The van der Waals surface area contributed by atoms with Gasteiger partial charge in [0.25, 0.3) is 5.91 Å². The maximum atomic E-state index is 12.9. The first-order valence-corrected chi connectivity index (χ1v) is 10.0. The number of hydrogen-bond donors (Lipinski definition) is 1. The van der Waals surface area contributed by atoms with E-state index in [2.05, 4.69) is 5.32 Å². The van der Waals surface area contributed by atoms with E-state index in [4.69, 9.17) is 4.42 Å². The van der Waals surface area contributed by atoms with Gasteiger partial charge in [-0.1, -0.05) is 42.0 Å². The van der Waals surface area contributed by atoms with Crippen LogP contribution in [0.3, 0.4) is 0 Å². The maximum absolute atomic E-state index is 12.9. The number of aryl methyl sites for hydroxylation is 1. The topological polar surface area (TPSA) is 59.3 Å². The van der Waals surface area contributed by atoms with Crippen molar-refractivity contribution in [1.82, 2.24) is 5.32 Å². The number of furan rings is 1. The molecule has 0 saturated carbocycles. The summed E-state index contributed by atoms with van der Waals surface area (Å²) in [5.74, 6) is 0.674. The van der Waals surface area contributed by atoms with Crippen molar-refractivity contribution in [3.63, 3.8) is 0 Å². The highest BCUT2D eigenvalue weighted by atomic mass is 32.2. The molecule has 0 aliphatic heterocycles. The lowest BCUT2D eigenvalue weighted by molar-refractivity contribution is 0.0921. The van der Waals surface area contributed by atoms with E-state index in [0.717, 1.165) is 16.7 Å². The first-order chi connectivity index (χ1) is 13.0. The van der Waals surface area contributed by atoms with Crippen LogP contribution in [0, 0.1) is 12.7 Å². The summed E-state index contributed by atoms with van der Waals surface area (Å²) in [5.41, 5.74) is 2.95. The van der Waals surface area contributed by atoms with Gasteiger partial charge in [-0.05, 0) is 42.3 Å². The molecule has 1 atom stereocenters. The highest BCUT2D eigenvalue weighted by Gasteiger charge is 2.13. The third-order valence-corrected chi connectivity index (χ3v) is 5.27. The zero-order valence-electron chi connectivity index (χ0n) is 14.9. The van der Waals surface area contributed by atoms with Gasteiger partial charge in [-0.2, -0.15) is 0 Å². The first kappa shape index (κ1) is 19.0. The number of halogens is 1. The Hall–Kier alpha value is -2.73. The van der Waals surface area contributed by atoms with E-state index in [9.17, 15) is 13.4 Å². The minimum absolute atomic E-state index is 0.166. The lowest BCUT2D eigenvalue weighted by Gasteiger charge is -2.04. The number of hydrogen-bond acceptors (Lipinski definition) is 3. The molecule has 1 aromatic heterocycles. The van der Waals surface area contributed by atoms with Gasteiger partial charge >= 0.3 is 0 Å². The molecular formula is C21H20FNO3S. The van der Waals surface area contributed by atoms with E-state index < -0.39 is 10.8 Å². The monoisotopic (exact) mass is 385 g/mol. The maximum Gasteiger partial charge on any atom is 0.287 e. The van der Waals surface area contributed by atoms with Gasteiger partial charge < -0.3 is 9.73 Å². The quantitative estimate of drug-likeness (QED) is 0.666. The van der Waals surface area contributed by atoms with Crippen LogP contribution in [0.4, 0.5) is 4.39 Å². The van der Waals surface area contributed by atoms with Gasteiger partial charge in [0.05, 0.1) is 5.75 Å². The molecule has 1 amide bonds. The van der Waals surface area contributed by atoms with Gasteiger partial charge in [-0.25, -0.2) is 4.39 Å². The SMILES string of the molecule is Cc1ccc(C[S@](=O)Cc2ccc(C(=O)NCc3ccc(F)cc3)o2)cc1. The molecule has 0 fully saturated rings.